The summed E-state index contributed by atoms with van der Waals surface area (Å²) in [6.45, 7) is 1.94. The van der Waals surface area contributed by atoms with Crippen LogP contribution in [0.1, 0.15) is 39.5 Å². The highest BCUT2D eigenvalue weighted by Gasteiger charge is 2.36. The minimum Gasteiger partial charge on any atom is -0.477 e. The lowest BCUT2D eigenvalue weighted by Crippen LogP contribution is -2.22. The maximum Gasteiger partial charge on any atom is 0.451 e. The third-order valence-electron chi connectivity index (χ3n) is 5.23. The predicted molar refractivity (Wildman–Crippen MR) is 128 cm³/mol. The number of rotatable bonds is 7. The van der Waals surface area contributed by atoms with Crippen molar-refractivity contribution in [3.63, 3.8) is 0 Å². The number of thiophene rings is 1. The van der Waals surface area contributed by atoms with Crippen molar-refractivity contribution in [2.75, 3.05) is 24.5 Å². The van der Waals surface area contributed by atoms with Gasteiger partial charge in [-0.25, -0.2) is 14.8 Å². The number of amides is 1. The molecule has 12 heteroatoms. The van der Waals surface area contributed by atoms with E-state index in [9.17, 15) is 22.8 Å². The summed E-state index contributed by atoms with van der Waals surface area (Å²) >= 11 is 0.949. The van der Waals surface area contributed by atoms with E-state index in [1.807, 2.05) is 18.2 Å². The lowest BCUT2D eigenvalue weighted by Gasteiger charge is -2.18. The van der Waals surface area contributed by atoms with E-state index in [1.165, 1.54) is 17.5 Å². The molecule has 8 nitrogen and oxygen atoms in total. The molecule has 1 aromatic carbocycles. The molecule has 1 aliphatic heterocycles. The van der Waals surface area contributed by atoms with E-state index >= 15 is 0 Å². The van der Waals surface area contributed by atoms with E-state index in [4.69, 9.17) is 10.4 Å². The molecule has 36 heavy (non-hydrogen) atoms. The Morgan fingerprint density at radius 1 is 1.19 bits per heavy atom. The number of anilines is 1. The Morgan fingerprint density at radius 3 is 2.44 bits per heavy atom. The zero-order chi connectivity index (χ0) is 26.1. The number of benzene rings is 1. The van der Waals surface area contributed by atoms with Crippen LogP contribution in [-0.2, 0) is 17.4 Å². The summed E-state index contributed by atoms with van der Waals surface area (Å²) in [5, 5.41) is 21.5. The van der Waals surface area contributed by atoms with Crippen molar-refractivity contribution in [3.8, 4) is 17.3 Å². The quantitative estimate of drug-likeness (QED) is 0.353. The van der Waals surface area contributed by atoms with Crippen LogP contribution in [-0.4, -0.2) is 47.1 Å². The number of carboxylic acids is 1. The number of aromatic nitrogens is 2. The number of nitrogens with zero attached hydrogens (tertiary/aromatic N) is 4. The molecule has 3 heterocycles. The summed E-state index contributed by atoms with van der Waals surface area (Å²) in [5.41, 5.74) is 2.21. The van der Waals surface area contributed by atoms with Gasteiger partial charge < -0.3 is 15.3 Å². The summed E-state index contributed by atoms with van der Waals surface area (Å²) in [7, 11) is 0. The third-order valence-corrected chi connectivity index (χ3v) is 6.14. The fraction of sp³-hybridized carbons (Fsp3) is 0.292. The van der Waals surface area contributed by atoms with Crippen molar-refractivity contribution in [3.05, 3.63) is 63.6 Å². The van der Waals surface area contributed by atoms with E-state index < -0.39 is 18.0 Å². The van der Waals surface area contributed by atoms with E-state index in [0.717, 1.165) is 36.2 Å². The van der Waals surface area contributed by atoms with Crippen molar-refractivity contribution in [2.45, 2.75) is 25.4 Å². The fourth-order valence-electron chi connectivity index (χ4n) is 3.42. The van der Waals surface area contributed by atoms with Crippen molar-refractivity contribution in [2.24, 2.45) is 0 Å². The minimum absolute atomic E-state index is 0.0508. The van der Waals surface area contributed by atoms with Crippen LogP contribution >= 0.6 is 11.3 Å². The second kappa shape index (κ2) is 12.1. The SMILES string of the molecule is N#Cc1ccc(CCNC=O)cc1.O=C(O)c1cc(-c2cc(N3CCCC3)nc(C(F)(F)F)n2)cs1. The van der Waals surface area contributed by atoms with Gasteiger partial charge in [0.05, 0.1) is 17.3 Å². The van der Waals surface area contributed by atoms with E-state index in [2.05, 4.69) is 15.3 Å². The molecule has 0 bridgehead atoms. The second-order valence-corrected chi connectivity index (χ2v) is 8.67. The van der Waals surface area contributed by atoms with Gasteiger partial charge in [-0.15, -0.1) is 11.3 Å². The van der Waals surface area contributed by atoms with Crippen LogP contribution in [0.5, 0.6) is 0 Å². The Labute approximate surface area is 209 Å². The van der Waals surface area contributed by atoms with Crippen molar-refractivity contribution < 1.29 is 27.9 Å². The van der Waals surface area contributed by atoms with Gasteiger partial charge in [0, 0.05) is 36.6 Å². The molecule has 0 radical (unpaired) electrons. The molecule has 1 amide bonds. The average molecular weight is 518 g/mol. The first-order valence-corrected chi connectivity index (χ1v) is 11.8. The Balaban J connectivity index is 0.000000236. The number of nitriles is 1. The standard InChI is InChI=1S/C14H12F3N3O2S.C10H10N2O/c15-14(16,17)13-18-9(8-5-10(12(21)22)23-7-8)6-11(19-13)20-3-1-2-4-20;11-7-10-3-1-9(2-4-10)5-6-12-8-13/h5-7H,1-4H2,(H,21,22);1-4,8H,5-6H2,(H,12,13). The van der Waals surface area contributed by atoms with Crippen LogP contribution in [0.2, 0.25) is 0 Å². The second-order valence-electron chi connectivity index (χ2n) is 7.76. The molecule has 1 fully saturated rings. The molecular weight excluding hydrogens is 495 g/mol. The molecule has 1 aliphatic rings. The normalized spacial score (nSPS) is 12.9. The molecule has 188 valence electrons. The molecule has 1 saturated heterocycles. The number of alkyl halides is 3. The first-order valence-electron chi connectivity index (χ1n) is 10.9. The third kappa shape index (κ3) is 7.26. The number of carbonyl (C=O) groups excluding carboxylic acids is 1. The zero-order valence-electron chi connectivity index (χ0n) is 19.0. The average Bonchev–Trinajstić information content (AvgIpc) is 3.57. The molecule has 0 spiro atoms. The molecule has 3 aromatic rings. The molecule has 0 aliphatic carbocycles. The fourth-order valence-corrected chi connectivity index (χ4v) is 4.16. The highest BCUT2D eigenvalue weighted by Crippen LogP contribution is 2.33. The van der Waals surface area contributed by atoms with Gasteiger partial charge in [-0.2, -0.15) is 18.4 Å². The highest BCUT2D eigenvalue weighted by molar-refractivity contribution is 7.12. The maximum absolute atomic E-state index is 13.0. The Kier molecular flexibility index (Phi) is 8.97. The van der Waals surface area contributed by atoms with Gasteiger partial charge in [0.25, 0.3) is 0 Å². The van der Waals surface area contributed by atoms with Crippen LogP contribution < -0.4 is 10.2 Å². The predicted octanol–water partition coefficient (Wildman–Crippen LogP) is 4.37. The van der Waals surface area contributed by atoms with Gasteiger partial charge in [-0.1, -0.05) is 12.1 Å². The van der Waals surface area contributed by atoms with Gasteiger partial charge in [0.15, 0.2) is 0 Å². The summed E-state index contributed by atoms with van der Waals surface area (Å²) in [5.74, 6) is -2.10. The van der Waals surface area contributed by atoms with Gasteiger partial charge >= 0.3 is 12.1 Å². The van der Waals surface area contributed by atoms with Crippen LogP contribution in [0.3, 0.4) is 0 Å². The molecule has 0 saturated carbocycles. The van der Waals surface area contributed by atoms with E-state index in [1.54, 1.807) is 17.0 Å². The summed E-state index contributed by atoms with van der Waals surface area (Å²) in [6.07, 6.45) is -1.37. The first kappa shape index (κ1) is 26.6. The van der Waals surface area contributed by atoms with Crippen molar-refractivity contribution >= 4 is 29.5 Å². The van der Waals surface area contributed by atoms with Crippen molar-refractivity contribution in [1.29, 1.82) is 5.26 Å². The van der Waals surface area contributed by atoms with Crippen LogP contribution in [0.4, 0.5) is 19.0 Å². The van der Waals surface area contributed by atoms with Gasteiger partial charge in [0.2, 0.25) is 12.2 Å². The van der Waals surface area contributed by atoms with E-state index in [-0.39, 0.29) is 16.4 Å². The number of hydrogen-bond acceptors (Lipinski definition) is 7. The number of aromatic carboxylic acids is 1. The molecule has 2 N–H and O–H groups in total. The van der Waals surface area contributed by atoms with Crippen LogP contribution in [0.15, 0.2) is 41.8 Å². The summed E-state index contributed by atoms with van der Waals surface area (Å²) < 4.78 is 39.1. The Hall–Kier alpha value is -3.98. The minimum atomic E-state index is -4.66. The Bertz CT molecular complexity index is 1230. The van der Waals surface area contributed by atoms with Gasteiger partial charge in [-0.05, 0) is 43.0 Å². The monoisotopic (exact) mass is 517 g/mol. The molecular formula is C24H22F3N5O3S. The van der Waals surface area contributed by atoms with Gasteiger partial charge in [0.1, 0.15) is 10.7 Å². The Morgan fingerprint density at radius 2 is 1.89 bits per heavy atom. The highest BCUT2D eigenvalue weighted by atomic mass is 32.1. The van der Waals surface area contributed by atoms with Gasteiger partial charge in [-0.3, -0.25) is 4.79 Å². The molecule has 2 aromatic heterocycles. The number of halogens is 3. The van der Waals surface area contributed by atoms with Crippen LogP contribution in [0, 0.1) is 11.3 Å². The smallest absolute Gasteiger partial charge is 0.451 e. The molecule has 0 unspecified atom stereocenters. The lowest BCUT2D eigenvalue weighted by molar-refractivity contribution is -0.144. The maximum atomic E-state index is 13.0. The summed E-state index contributed by atoms with van der Waals surface area (Å²) in [6, 6.07) is 12.2. The number of carboxylic acid groups (broad SMARTS) is 1. The summed E-state index contributed by atoms with van der Waals surface area (Å²) in [4.78, 5) is 29.9. The number of hydrogen-bond donors (Lipinski definition) is 2. The van der Waals surface area contributed by atoms with E-state index in [0.29, 0.717) is 37.2 Å². The lowest BCUT2D eigenvalue weighted by atomic mass is 10.1. The number of nitrogens with one attached hydrogen (secondary N) is 1. The first-order chi connectivity index (χ1) is 17.2. The van der Waals surface area contributed by atoms with Crippen molar-refractivity contribution in [1.82, 2.24) is 15.3 Å². The zero-order valence-corrected chi connectivity index (χ0v) is 19.8. The molecule has 0 atom stereocenters. The molecule has 4 rings (SSSR count). The largest absolute Gasteiger partial charge is 0.477 e. The number of carbonyl (C=O) groups is 2. The topological polar surface area (TPSA) is 119 Å². The van der Waals surface area contributed by atoms with Crippen LogP contribution in [0.25, 0.3) is 11.3 Å².